The van der Waals surface area contributed by atoms with Crippen molar-refractivity contribution < 1.29 is 35.4 Å². The van der Waals surface area contributed by atoms with E-state index in [0.29, 0.717) is 11.1 Å². The molecule has 0 aliphatic heterocycles. The normalized spacial score (nSPS) is 17.0. The van der Waals surface area contributed by atoms with E-state index in [1.165, 1.54) is 12.2 Å². The van der Waals surface area contributed by atoms with Gasteiger partial charge in [-0.3, -0.25) is 9.08 Å². The summed E-state index contributed by atoms with van der Waals surface area (Å²) >= 11 is 0. The van der Waals surface area contributed by atoms with Crippen LogP contribution in [0.4, 0.5) is 13.2 Å². The van der Waals surface area contributed by atoms with Gasteiger partial charge in [-0.25, -0.2) is 0 Å². The number of hydrogen-bond donors (Lipinski definition) is 0. The number of nitrogens with zero attached hydrogens (tertiary/aromatic N) is 1. The number of rotatable bonds is 5. The van der Waals surface area contributed by atoms with Crippen LogP contribution < -0.4 is 4.74 Å². The van der Waals surface area contributed by atoms with Crippen molar-refractivity contribution in [2.24, 2.45) is 11.1 Å². The third-order valence-electron chi connectivity index (χ3n) is 3.53. The van der Waals surface area contributed by atoms with Gasteiger partial charge in [-0.1, -0.05) is 19.0 Å². The minimum Gasteiger partial charge on any atom is -0.406 e. The first-order valence-corrected chi connectivity index (χ1v) is 9.12. The summed E-state index contributed by atoms with van der Waals surface area (Å²) in [5, 5.41) is 3.58. The topological polar surface area (TPSA) is 82.0 Å². The molecular weight excluding hydrogens is 387 g/mol. The summed E-state index contributed by atoms with van der Waals surface area (Å²) in [5.74, 6) is -0.851. The van der Waals surface area contributed by atoms with Crippen molar-refractivity contribution in [3.05, 3.63) is 47.6 Å². The van der Waals surface area contributed by atoms with E-state index in [2.05, 4.69) is 14.2 Å². The number of halogens is 3. The maximum absolute atomic E-state index is 12.2. The maximum Gasteiger partial charge on any atom is 0.573 e. The monoisotopic (exact) mass is 403 g/mol. The third kappa shape index (κ3) is 5.43. The molecule has 1 aliphatic rings. The highest BCUT2D eigenvalue weighted by Gasteiger charge is 2.31. The quantitative estimate of drug-likeness (QED) is 0.552. The van der Waals surface area contributed by atoms with Gasteiger partial charge in [0.05, 0.1) is 0 Å². The second-order valence-electron chi connectivity index (χ2n) is 5.97. The van der Waals surface area contributed by atoms with Crippen LogP contribution in [0.25, 0.3) is 0 Å². The summed E-state index contributed by atoms with van der Waals surface area (Å²) in [5.41, 5.74) is 1.04. The van der Waals surface area contributed by atoms with E-state index in [-0.39, 0.29) is 17.4 Å². The smallest absolute Gasteiger partial charge is 0.406 e. The molecule has 0 spiro atoms. The Labute approximate surface area is 154 Å². The Bertz CT molecular complexity index is 926. The lowest BCUT2D eigenvalue weighted by atomic mass is 9.90. The molecule has 0 aromatic heterocycles. The molecule has 0 fully saturated rings. The summed E-state index contributed by atoms with van der Waals surface area (Å²) in [6, 6.07) is 3.49. The van der Waals surface area contributed by atoms with E-state index in [1.54, 1.807) is 20.8 Å². The minimum absolute atomic E-state index is 0.0927. The van der Waals surface area contributed by atoms with Crippen molar-refractivity contribution in [3.8, 4) is 5.75 Å². The number of allylic oxidation sites excluding steroid dienone is 4. The Morgan fingerprint density at radius 1 is 1.07 bits per heavy atom. The van der Waals surface area contributed by atoms with Crippen molar-refractivity contribution in [1.29, 1.82) is 0 Å². The second kappa shape index (κ2) is 7.55. The molecule has 0 atom stereocenters. The number of ether oxygens (including phenoxy) is 1. The molecule has 6 nitrogen and oxygen atoms in total. The fraction of sp³-hybridized carbons (Fsp3) is 0.294. The molecule has 1 aromatic carbocycles. The zero-order chi connectivity index (χ0) is 20.4. The van der Waals surface area contributed by atoms with Gasteiger partial charge in [0.15, 0.2) is 5.78 Å². The van der Waals surface area contributed by atoms with Crippen molar-refractivity contribution in [2.45, 2.75) is 32.0 Å². The number of hydrogen-bond acceptors (Lipinski definition) is 6. The minimum atomic E-state index is -4.88. The van der Waals surface area contributed by atoms with Crippen LogP contribution in [0.1, 0.15) is 20.8 Å². The lowest BCUT2D eigenvalue weighted by molar-refractivity contribution is -0.274. The molecule has 10 heteroatoms. The number of carbonyl (C=O) groups is 1. The van der Waals surface area contributed by atoms with Gasteiger partial charge in [-0.05, 0) is 54.8 Å². The van der Waals surface area contributed by atoms with Gasteiger partial charge >= 0.3 is 16.5 Å². The molecule has 0 bridgehead atoms. The first-order valence-electron chi connectivity index (χ1n) is 7.71. The zero-order valence-electron chi connectivity index (χ0n) is 14.6. The van der Waals surface area contributed by atoms with Crippen LogP contribution in [0, 0.1) is 5.92 Å². The number of ketones is 1. The number of benzene rings is 1. The lowest BCUT2D eigenvalue weighted by Crippen LogP contribution is -2.17. The van der Waals surface area contributed by atoms with Gasteiger partial charge in [-0.15, -0.1) is 13.2 Å². The van der Waals surface area contributed by atoms with Crippen LogP contribution in [0.15, 0.2) is 57.6 Å². The van der Waals surface area contributed by atoms with Gasteiger partial charge in [0.25, 0.3) is 0 Å². The average molecular weight is 403 g/mol. The first-order chi connectivity index (χ1) is 12.4. The highest BCUT2D eigenvalue weighted by Crippen LogP contribution is 2.25. The standard InChI is InChI=1S/C17H16F3NO5S/c1-10(2)14-9-15(11(3)8-16(14)22)21-26-27(23,24)13-6-4-12(5-7-13)25-17(18,19)20/h4-10H,1-3H3/b21-15-. The zero-order valence-corrected chi connectivity index (χ0v) is 15.4. The summed E-state index contributed by atoms with van der Waals surface area (Å²) in [7, 11) is -4.36. The van der Waals surface area contributed by atoms with Crippen LogP contribution >= 0.6 is 0 Å². The van der Waals surface area contributed by atoms with Gasteiger partial charge in [-0.2, -0.15) is 8.42 Å². The van der Waals surface area contributed by atoms with Crippen LogP contribution in [-0.4, -0.2) is 26.3 Å². The summed E-state index contributed by atoms with van der Waals surface area (Å²) in [4.78, 5) is 11.5. The van der Waals surface area contributed by atoms with Crippen molar-refractivity contribution in [1.82, 2.24) is 0 Å². The fourth-order valence-corrected chi connectivity index (χ4v) is 2.91. The molecule has 2 rings (SSSR count). The summed E-state index contributed by atoms with van der Waals surface area (Å²) in [6.45, 7) is 5.18. The van der Waals surface area contributed by atoms with Crippen molar-refractivity contribution in [3.63, 3.8) is 0 Å². The predicted molar refractivity (Wildman–Crippen MR) is 90.5 cm³/mol. The highest BCUT2D eigenvalue weighted by atomic mass is 32.2. The summed E-state index contributed by atoms with van der Waals surface area (Å²) < 4.78 is 69.0. The van der Waals surface area contributed by atoms with E-state index in [0.717, 1.165) is 24.3 Å². The van der Waals surface area contributed by atoms with Crippen LogP contribution in [-0.2, 0) is 19.2 Å². The van der Waals surface area contributed by atoms with E-state index >= 15 is 0 Å². The molecule has 27 heavy (non-hydrogen) atoms. The predicted octanol–water partition coefficient (Wildman–Crippen LogP) is 3.76. The Morgan fingerprint density at radius 3 is 2.19 bits per heavy atom. The molecular formula is C17H16F3NO5S. The highest BCUT2D eigenvalue weighted by molar-refractivity contribution is 7.86. The van der Waals surface area contributed by atoms with Crippen LogP contribution in [0.5, 0.6) is 5.75 Å². The van der Waals surface area contributed by atoms with Crippen molar-refractivity contribution >= 4 is 21.6 Å². The molecule has 0 radical (unpaired) electrons. The maximum atomic E-state index is 12.2. The van der Waals surface area contributed by atoms with Gasteiger partial charge in [0.2, 0.25) is 0 Å². The molecule has 0 saturated carbocycles. The Hall–Kier alpha value is -2.62. The molecule has 0 unspecified atom stereocenters. The van der Waals surface area contributed by atoms with Gasteiger partial charge < -0.3 is 4.74 Å². The van der Waals surface area contributed by atoms with Gasteiger partial charge in [0.1, 0.15) is 16.4 Å². The molecule has 0 amide bonds. The molecule has 0 saturated heterocycles. The number of alkyl halides is 3. The molecule has 0 N–H and O–H groups in total. The Kier molecular flexibility index (Phi) is 5.79. The first kappa shape index (κ1) is 20.7. The van der Waals surface area contributed by atoms with Crippen LogP contribution in [0.2, 0.25) is 0 Å². The lowest BCUT2D eigenvalue weighted by Gasteiger charge is -2.14. The van der Waals surface area contributed by atoms with E-state index in [4.69, 9.17) is 0 Å². The fourth-order valence-electron chi connectivity index (χ4n) is 2.18. The SMILES string of the molecule is CC1=CC(=O)C(C(C)C)=C/C1=N/OS(=O)(=O)c1ccc(OC(F)(F)F)cc1. The number of carbonyl (C=O) groups excluding carboxylic acids is 1. The van der Waals surface area contributed by atoms with Gasteiger partial charge in [0, 0.05) is 5.57 Å². The van der Waals surface area contributed by atoms with Crippen molar-refractivity contribution in [2.75, 3.05) is 0 Å². The van der Waals surface area contributed by atoms with E-state index in [1.807, 2.05) is 0 Å². The molecule has 1 aromatic rings. The van der Waals surface area contributed by atoms with Crippen LogP contribution in [0.3, 0.4) is 0 Å². The number of oxime groups is 1. The summed E-state index contributed by atoms with van der Waals surface area (Å²) in [6.07, 6.45) is -2.11. The molecule has 0 heterocycles. The Balaban J connectivity index is 2.22. The molecule has 1 aliphatic carbocycles. The second-order valence-corrected chi connectivity index (χ2v) is 7.50. The largest absolute Gasteiger partial charge is 0.573 e. The third-order valence-corrected chi connectivity index (χ3v) is 4.65. The Morgan fingerprint density at radius 2 is 1.67 bits per heavy atom. The van der Waals surface area contributed by atoms with E-state index < -0.39 is 27.1 Å². The molecule has 146 valence electrons. The van der Waals surface area contributed by atoms with E-state index in [9.17, 15) is 26.4 Å². The average Bonchev–Trinajstić information content (AvgIpc) is 2.52.